The monoisotopic (exact) mass is 286 g/mol. The zero-order valence-corrected chi connectivity index (χ0v) is 11.6. The Kier molecular flexibility index (Phi) is 4.66. The molecule has 0 unspecified atom stereocenters. The molecule has 0 aliphatic heterocycles. The third-order valence-corrected chi connectivity index (χ3v) is 2.71. The minimum absolute atomic E-state index is 0.119. The van der Waals surface area contributed by atoms with Gasteiger partial charge in [0.2, 0.25) is 5.91 Å². The van der Waals surface area contributed by atoms with Crippen LogP contribution in [0.3, 0.4) is 0 Å². The van der Waals surface area contributed by atoms with E-state index in [9.17, 15) is 9.18 Å². The average Bonchev–Trinajstić information content (AvgIpc) is 2.46. The van der Waals surface area contributed by atoms with E-state index in [0.717, 1.165) is 17.2 Å². The summed E-state index contributed by atoms with van der Waals surface area (Å²) in [7, 11) is 0. The number of pyridine rings is 1. The second-order valence-electron chi connectivity index (χ2n) is 4.50. The molecule has 0 bridgehead atoms. The Hall–Kier alpha value is -2.69. The Morgan fingerprint density at radius 1 is 1.43 bits per heavy atom. The van der Waals surface area contributed by atoms with Crippen LogP contribution in [0.2, 0.25) is 0 Å². The van der Waals surface area contributed by atoms with Crippen LogP contribution < -0.4 is 10.1 Å². The Labute approximate surface area is 122 Å². The smallest absolute Gasteiger partial charge is 0.247 e. The lowest BCUT2D eigenvalue weighted by molar-refractivity contribution is -0.111. The molecular formula is C16H15FN2O2. The van der Waals surface area contributed by atoms with Crippen LogP contribution >= 0.6 is 0 Å². The minimum Gasteiger partial charge on any atom is -0.486 e. The molecule has 21 heavy (non-hydrogen) atoms. The number of amides is 1. The number of aryl methyl sites for hydroxylation is 1. The Morgan fingerprint density at radius 2 is 2.24 bits per heavy atom. The highest BCUT2D eigenvalue weighted by atomic mass is 19.1. The lowest BCUT2D eigenvalue weighted by atomic mass is 10.2. The van der Waals surface area contributed by atoms with Crippen LogP contribution in [0.4, 0.5) is 10.1 Å². The van der Waals surface area contributed by atoms with Gasteiger partial charge in [0, 0.05) is 29.7 Å². The Morgan fingerprint density at radius 3 is 2.90 bits per heavy atom. The zero-order chi connectivity index (χ0) is 15.2. The summed E-state index contributed by atoms with van der Waals surface area (Å²) in [5.41, 5.74) is 2.22. The lowest BCUT2D eigenvalue weighted by Crippen LogP contribution is -2.07. The molecule has 2 aromatic rings. The van der Waals surface area contributed by atoms with E-state index in [-0.39, 0.29) is 12.4 Å². The van der Waals surface area contributed by atoms with Gasteiger partial charge >= 0.3 is 0 Å². The van der Waals surface area contributed by atoms with Gasteiger partial charge in [0.15, 0.2) is 11.6 Å². The molecule has 1 N–H and O–H groups in total. The number of halogens is 1. The molecule has 0 atom stereocenters. The van der Waals surface area contributed by atoms with Gasteiger partial charge < -0.3 is 10.1 Å². The summed E-state index contributed by atoms with van der Waals surface area (Å²) in [6, 6.07) is 6.15. The van der Waals surface area contributed by atoms with Crippen molar-refractivity contribution in [3.05, 3.63) is 66.3 Å². The number of aromatic nitrogens is 1. The van der Waals surface area contributed by atoms with Gasteiger partial charge in [-0.3, -0.25) is 9.78 Å². The van der Waals surface area contributed by atoms with Crippen molar-refractivity contribution in [3.63, 3.8) is 0 Å². The van der Waals surface area contributed by atoms with Crippen LogP contribution in [0, 0.1) is 12.7 Å². The van der Waals surface area contributed by atoms with Crippen molar-refractivity contribution in [2.24, 2.45) is 0 Å². The standard InChI is InChI=1S/C16H15FN2O2/c1-3-16(20)19-13-4-5-15(14(17)7-13)21-10-12-6-11(2)8-18-9-12/h3-9H,1,10H2,2H3,(H,19,20). The molecule has 0 spiro atoms. The fraction of sp³-hybridized carbons (Fsp3) is 0.125. The number of ether oxygens (including phenoxy) is 1. The topological polar surface area (TPSA) is 51.2 Å². The first-order chi connectivity index (χ1) is 10.1. The van der Waals surface area contributed by atoms with Gasteiger partial charge in [0.25, 0.3) is 0 Å². The predicted molar refractivity (Wildman–Crippen MR) is 78.5 cm³/mol. The molecule has 1 heterocycles. The molecule has 1 amide bonds. The molecule has 1 aromatic heterocycles. The number of carbonyl (C=O) groups is 1. The van der Waals surface area contributed by atoms with E-state index >= 15 is 0 Å². The molecular weight excluding hydrogens is 271 g/mol. The van der Waals surface area contributed by atoms with Gasteiger partial charge in [0.1, 0.15) is 6.61 Å². The fourth-order valence-corrected chi connectivity index (χ4v) is 1.75. The SMILES string of the molecule is C=CC(=O)Nc1ccc(OCc2cncc(C)c2)c(F)c1. The van der Waals surface area contributed by atoms with Gasteiger partial charge in [-0.1, -0.05) is 6.58 Å². The van der Waals surface area contributed by atoms with Gasteiger partial charge in [-0.15, -0.1) is 0 Å². The van der Waals surface area contributed by atoms with E-state index in [1.165, 1.54) is 12.1 Å². The van der Waals surface area contributed by atoms with Crippen molar-refractivity contribution < 1.29 is 13.9 Å². The summed E-state index contributed by atoms with van der Waals surface area (Å²) in [5, 5.41) is 2.48. The van der Waals surface area contributed by atoms with E-state index in [1.807, 2.05) is 13.0 Å². The van der Waals surface area contributed by atoms with Crippen molar-refractivity contribution in [1.29, 1.82) is 0 Å². The second-order valence-corrected chi connectivity index (χ2v) is 4.50. The molecule has 5 heteroatoms. The van der Waals surface area contributed by atoms with E-state index in [2.05, 4.69) is 16.9 Å². The van der Waals surface area contributed by atoms with Gasteiger partial charge in [-0.05, 0) is 36.8 Å². The van der Waals surface area contributed by atoms with E-state index in [0.29, 0.717) is 5.69 Å². The van der Waals surface area contributed by atoms with Crippen LogP contribution in [0.1, 0.15) is 11.1 Å². The third kappa shape index (κ3) is 4.14. The van der Waals surface area contributed by atoms with Crippen molar-refractivity contribution in [2.75, 3.05) is 5.32 Å². The predicted octanol–water partition coefficient (Wildman–Crippen LogP) is 3.23. The number of benzene rings is 1. The first-order valence-corrected chi connectivity index (χ1v) is 6.35. The molecule has 1 aromatic carbocycles. The third-order valence-electron chi connectivity index (χ3n) is 2.71. The van der Waals surface area contributed by atoms with E-state index < -0.39 is 11.7 Å². The molecule has 0 radical (unpaired) electrons. The largest absolute Gasteiger partial charge is 0.486 e. The van der Waals surface area contributed by atoms with Gasteiger partial charge in [-0.25, -0.2) is 4.39 Å². The van der Waals surface area contributed by atoms with Crippen LogP contribution in [0.25, 0.3) is 0 Å². The number of carbonyl (C=O) groups excluding carboxylic acids is 1. The van der Waals surface area contributed by atoms with E-state index in [4.69, 9.17) is 4.74 Å². The molecule has 0 saturated heterocycles. The zero-order valence-electron chi connectivity index (χ0n) is 11.6. The van der Waals surface area contributed by atoms with Crippen LogP contribution in [0.15, 0.2) is 49.3 Å². The number of nitrogens with one attached hydrogen (secondary N) is 1. The molecule has 4 nitrogen and oxygen atoms in total. The maximum atomic E-state index is 13.9. The summed E-state index contributed by atoms with van der Waals surface area (Å²) in [6.45, 7) is 5.48. The summed E-state index contributed by atoms with van der Waals surface area (Å²) in [5.74, 6) is -0.820. The normalized spacial score (nSPS) is 10.0. The van der Waals surface area contributed by atoms with Crippen molar-refractivity contribution in [2.45, 2.75) is 13.5 Å². The first-order valence-electron chi connectivity index (χ1n) is 6.35. The quantitative estimate of drug-likeness (QED) is 0.858. The Balaban J connectivity index is 2.04. The van der Waals surface area contributed by atoms with Crippen molar-refractivity contribution in [3.8, 4) is 5.75 Å². The molecule has 0 aliphatic carbocycles. The minimum atomic E-state index is -0.544. The number of hydrogen-bond acceptors (Lipinski definition) is 3. The van der Waals surface area contributed by atoms with Crippen molar-refractivity contribution in [1.82, 2.24) is 4.98 Å². The molecule has 0 saturated carbocycles. The Bertz CT molecular complexity index is 671. The average molecular weight is 286 g/mol. The number of rotatable bonds is 5. The first kappa shape index (κ1) is 14.7. The number of anilines is 1. The fourth-order valence-electron chi connectivity index (χ4n) is 1.75. The van der Waals surface area contributed by atoms with Crippen LogP contribution in [-0.4, -0.2) is 10.9 Å². The van der Waals surface area contributed by atoms with Crippen molar-refractivity contribution >= 4 is 11.6 Å². The summed E-state index contributed by atoms with van der Waals surface area (Å²) >= 11 is 0. The lowest BCUT2D eigenvalue weighted by Gasteiger charge is -2.09. The summed E-state index contributed by atoms with van der Waals surface area (Å²) in [6.07, 6.45) is 4.53. The van der Waals surface area contributed by atoms with Gasteiger partial charge in [-0.2, -0.15) is 0 Å². The maximum Gasteiger partial charge on any atom is 0.247 e. The molecule has 2 rings (SSSR count). The highest BCUT2D eigenvalue weighted by molar-refractivity contribution is 5.98. The summed E-state index contributed by atoms with van der Waals surface area (Å²) in [4.78, 5) is 15.2. The molecule has 108 valence electrons. The summed E-state index contributed by atoms with van der Waals surface area (Å²) < 4.78 is 19.3. The number of hydrogen-bond donors (Lipinski definition) is 1. The molecule has 0 fully saturated rings. The van der Waals surface area contributed by atoms with Crippen LogP contribution in [0.5, 0.6) is 5.75 Å². The second kappa shape index (κ2) is 6.65. The van der Waals surface area contributed by atoms with Gasteiger partial charge in [0.05, 0.1) is 0 Å². The maximum absolute atomic E-state index is 13.9. The molecule has 0 aliphatic rings. The van der Waals surface area contributed by atoms with Crippen LogP contribution in [-0.2, 0) is 11.4 Å². The van der Waals surface area contributed by atoms with E-state index in [1.54, 1.807) is 18.5 Å². The highest BCUT2D eigenvalue weighted by Gasteiger charge is 2.06. The number of nitrogens with zero attached hydrogens (tertiary/aromatic N) is 1. The highest BCUT2D eigenvalue weighted by Crippen LogP contribution is 2.22.